The summed E-state index contributed by atoms with van der Waals surface area (Å²) >= 11 is 0. The molecule has 0 aliphatic carbocycles. The van der Waals surface area contributed by atoms with E-state index in [-0.39, 0.29) is 5.91 Å². The van der Waals surface area contributed by atoms with Gasteiger partial charge in [0.2, 0.25) is 0 Å². The van der Waals surface area contributed by atoms with Crippen LogP contribution >= 0.6 is 0 Å². The monoisotopic (exact) mass is 317 g/mol. The molecule has 1 aliphatic rings. The van der Waals surface area contributed by atoms with Crippen molar-refractivity contribution in [1.82, 2.24) is 9.88 Å². The molecule has 1 amide bonds. The van der Waals surface area contributed by atoms with Crippen molar-refractivity contribution in [1.29, 1.82) is 0 Å². The average Bonchev–Trinajstić information content (AvgIpc) is 2.61. The summed E-state index contributed by atoms with van der Waals surface area (Å²) in [5.74, 6) is 1.13. The molecule has 1 aliphatic heterocycles. The molecule has 0 bridgehead atoms. The van der Waals surface area contributed by atoms with Crippen LogP contribution in [0.5, 0.6) is 0 Å². The van der Waals surface area contributed by atoms with Crippen LogP contribution in [0, 0.1) is 0 Å². The van der Waals surface area contributed by atoms with Crippen LogP contribution in [0.4, 0.5) is 5.82 Å². The lowest BCUT2D eigenvalue weighted by atomic mass is 9.99. The molecule has 2 heterocycles. The van der Waals surface area contributed by atoms with E-state index in [2.05, 4.69) is 35.6 Å². The van der Waals surface area contributed by atoms with Gasteiger partial charge in [-0.25, -0.2) is 4.98 Å². The predicted octanol–water partition coefficient (Wildman–Crippen LogP) is 4.11. The fraction of sp³-hybridized carbons (Fsp3) is 0.684. The average molecular weight is 317 g/mol. The summed E-state index contributed by atoms with van der Waals surface area (Å²) < 4.78 is 0. The smallest absolute Gasteiger partial charge is 0.255 e. The number of amides is 1. The third kappa shape index (κ3) is 4.46. The first-order valence-corrected chi connectivity index (χ1v) is 9.23. The van der Waals surface area contributed by atoms with E-state index in [1.807, 2.05) is 12.1 Å². The van der Waals surface area contributed by atoms with Crippen LogP contribution in [0.3, 0.4) is 0 Å². The Morgan fingerprint density at radius 3 is 2.52 bits per heavy atom. The van der Waals surface area contributed by atoms with Crippen molar-refractivity contribution in [2.45, 2.75) is 65.3 Å². The Labute approximate surface area is 140 Å². The largest absolute Gasteiger partial charge is 0.357 e. The number of rotatable bonds is 7. The third-order valence-electron chi connectivity index (χ3n) is 4.67. The normalized spacial score (nSPS) is 18.0. The van der Waals surface area contributed by atoms with E-state index in [9.17, 15) is 4.79 Å². The highest BCUT2D eigenvalue weighted by atomic mass is 16.2. The van der Waals surface area contributed by atoms with Crippen molar-refractivity contribution in [3.05, 3.63) is 23.9 Å². The summed E-state index contributed by atoms with van der Waals surface area (Å²) in [6.07, 6.45) is 8.50. The molecule has 1 atom stereocenters. The fourth-order valence-electron chi connectivity index (χ4n) is 3.44. The Hall–Kier alpha value is -1.58. The second-order valence-electron chi connectivity index (χ2n) is 6.45. The zero-order chi connectivity index (χ0) is 16.7. The maximum atomic E-state index is 12.8. The van der Waals surface area contributed by atoms with Gasteiger partial charge in [-0.3, -0.25) is 4.79 Å². The predicted molar refractivity (Wildman–Crippen MR) is 96.0 cm³/mol. The minimum atomic E-state index is 0.146. The van der Waals surface area contributed by atoms with Crippen molar-refractivity contribution >= 4 is 11.7 Å². The molecule has 1 aromatic heterocycles. The minimum Gasteiger partial charge on any atom is -0.357 e. The van der Waals surface area contributed by atoms with Crippen LogP contribution in [0.1, 0.15) is 69.7 Å². The summed E-state index contributed by atoms with van der Waals surface area (Å²) in [5.41, 5.74) is 0.724. The first-order valence-electron chi connectivity index (χ1n) is 9.23. The number of hydrogen-bond acceptors (Lipinski definition) is 3. The first kappa shape index (κ1) is 17.8. The van der Waals surface area contributed by atoms with Crippen molar-refractivity contribution < 1.29 is 4.79 Å². The number of nitrogens with zero attached hydrogens (tertiary/aromatic N) is 3. The van der Waals surface area contributed by atoms with Crippen LogP contribution < -0.4 is 4.90 Å². The van der Waals surface area contributed by atoms with Gasteiger partial charge in [-0.2, -0.15) is 0 Å². The standard InChI is InChI=1S/C19H31N3O/c1-4-12-21(13-5-2)18-11-10-16(15-20-18)19(23)22-14-8-7-9-17(22)6-3/h10-11,15,17H,4-9,12-14H2,1-3H3. The van der Waals surface area contributed by atoms with E-state index in [0.717, 1.165) is 63.1 Å². The lowest BCUT2D eigenvalue weighted by Gasteiger charge is -2.35. The Morgan fingerprint density at radius 2 is 1.96 bits per heavy atom. The van der Waals surface area contributed by atoms with E-state index in [0.29, 0.717) is 6.04 Å². The van der Waals surface area contributed by atoms with Gasteiger partial charge in [0.1, 0.15) is 5.82 Å². The third-order valence-corrected chi connectivity index (χ3v) is 4.67. The molecule has 1 aromatic rings. The molecule has 0 radical (unpaired) electrons. The van der Waals surface area contributed by atoms with Gasteiger partial charge in [-0.05, 0) is 50.7 Å². The molecule has 0 N–H and O–H groups in total. The Kier molecular flexibility index (Phi) is 6.87. The molecule has 1 unspecified atom stereocenters. The van der Waals surface area contributed by atoms with Crippen LogP contribution in [0.15, 0.2) is 18.3 Å². The molecular formula is C19H31N3O. The second kappa shape index (κ2) is 8.90. The van der Waals surface area contributed by atoms with E-state index in [1.54, 1.807) is 6.20 Å². The molecule has 1 fully saturated rings. The van der Waals surface area contributed by atoms with E-state index < -0.39 is 0 Å². The summed E-state index contributed by atoms with van der Waals surface area (Å²) in [6.45, 7) is 9.45. The number of piperidine rings is 1. The van der Waals surface area contributed by atoms with Gasteiger partial charge in [-0.15, -0.1) is 0 Å². The zero-order valence-electron chi connectivity index (χ0n) is 14.9. The lowest BCUT2D eigenvalue weighted by Crippen LogP contribution is -2.43. The first-order chi connectivity index (χ1) is 11.2. The van der Waals surface area contributed by atoms with Crippen molar-refractivity contribution in [3.63, 3.8) is 0 Å². The van der Waals surface area contributed by atoms with Crippen LogP contribution in [0.2, 0.25) is 0 Å². The second-order valence-corrected chi connectivity index (χ2v) is 6.45. The van der Waals surface area contributed by atoms with E-state index in [1.165, 1.54) is 6.42 Å². The number of pyridine rings is 1. The summed E-state index contributed by atoms with van der Waals surface area (Å²) in [5, 5.41) is 0. The summed E-state index contributed by atoms with van der Waals surface area (Å²) in [6, 6.07) is 4.35. The topological polar surface area (TPSA) is 36.4 Å². The molecule has 0 spiro atoms. The molecule has 4 heteroatoms. The van der Waals surface area contributed by atoms with E-state index in [4.69, 9.17) is 0 Å². The highest BCUT2D eigenvalue weighted by Crippen LogP contribution is 2.22. The van der Waals surface area contributed by atoms with Gasteiger partial charge in [0, 0.05) is 31.9 Å². The molecule has 2 rings (SSSR count). The number of anilines is 1. The van der Waals surface area contributed by atoms with E-state index >= 15 is 0 Å². The van der Waals surface area contributed by atoms with Gasteiger partial charge in [-0.1, -0.05) is 20.8 Å². The van der Waals surface area contributed by atoms with Gasteiger partial charge >= 0.3 is 0 Å². The van der Waals surface area contributed by atoms with Gasteiger partial charge < -0.3 is 9.80 Å². The van der Waals surface area contributed by atoms with Crippen LogP contribution in [-0.4, -0.2) is 41.5 Å². The number of aromatic nitrogens is 1. The van der Waals surface area contributed by atoms with Crippen molar-refractivity contribution in [2.75, 3.05) is 24.5 Å². The minimum absolute atomic E-state index is 0.146. The van der Waals surface area contributed by atoms with Gasteiger partial charge in [0.25, 0.3) is 5.91 Å². The molecule has 0 aromatic carbocycles. The molecule has 1 saturated heterocycles. The van der Waals surface area contributed by atoms with Crippen LogP contribution in [0.25, 0.3) is 0 Å². The SMILES string of the molecule is CCCN(CCC)c1ccc(C(=O)N2CCCCC2CC)cn1. The maximum absolute atomic E-state index is 12.8. The molecule has 4 nitrogen and oxygen atoms in total. The highest BCUT2D eigenvalue weighted by Gasteiger charge is 2.26. The number of likely N-dealkylation sites (tertiary alicyclic amines) is 1. The summed E-state index contributed by atoms with van der Waals surface area (Å²) in [4.78, 5) is 21.7. The zero-order valence-corrected chi connectivity index (χ0v) is 14.9. The molecule has 128 valence electrons. The Morgan fingerprint density at radius 1 is 1.22 bits per heavy atom. The number of carbonyl (C=O) groups is 1. The Balaban J connectivity index is 2.09. The van der Waals surface area contributed by atoms with Crippen molar-refractivity contribution in [3.8, 4) is 0 Å². The number of carbonyl (C=O) groups excluding carboxylic acids is 1. The van der Waals surface area contributed by atoms with Gasteiger partial charge in [0.15, 0.2) is 0 Å². The quantitative estimate of drug-likeness (QED) is 0.759. The number of hydrogen-bond donors (Lipinski definition) is 0. The van der Waals surface area contributed by atoms with Crippen molar-refractivity contribution in [2.24, 2.45) is 0 Å². The Bertz CT molecular complexity index is 480. The molecule has 0 saturated carbocycles. The lowest BCUT2D eigenvalue weighted by molar-refractivity contribution is 0.0607. The molecular weight excluding hydrogens is 286 g/mol. The highest BCUT2D eigenvalue weighted by molar-refractivity contribution is 5.94. The van der Waals surface area contributed by atoms with Crippen LogP contribution in [-0.2, 0) is 0 Å². The molecule has 23 heavy (non-hydrogen) atoms. The summed E-state index contributed by atoms with van der Waals surface area (Å²) in [7, 11) is 0. The van der Waals surface area contributed by atoms with Gasteiger partial charge in [0.05, 0.1) is 5.56 Å². The fourth-order valence-corrected chi connectivity index (χ4v) is 3.44. The maximum Gasteiger partial charge on any atom is 0.255 e.